The number of carbonyl (C=O) groups excluding carboxylic acids is 1. The van der Waals surface area contributed by atoms with Crippen LogP contribution in [0.3, 0.4) is 0 Å². The lowest BCUT2D eigenvalue weighted by molar-refractivity contribution is -0.139. The smallest absolute Gasteiger partial charge is 0.225 e. The molecule has 2 rings (SSSR count). The molecule has 0 aromatic heterocycles. The minimum atomic E-state index is 0.0891. The average Bonchev–Trinajstić information content (AvgIpc) is 2.96. The lowest BCUT2D eigenvalue weighted by atomic mass is 9.80. The van der Waals surface area contributed by atoms with E-state index in [0.717, 1.165) is 13.1 Å². The van der Waals surface area contributed by atoms with E-state index in [2.05, 4.69) is 32.6 Å². The zero-order chi connectivity index (χ0) is 12.0. The maximum absolute atomic E-state index is 12.3. The van der Waals surface area contributed by atoms with Gasteiger partial charge in [0.15, 0.2) is 0 Å². The molecule has 0 aromatic carbocycles. The second-order valence-electron chi connectivity index (χ2n) is 6.91. The Balaban J connectivity index is 1.91. The molecule has 0 bridgehead atoms. The number of carbonyl (C=O) groups is 1. The summed E-state index contributed by atoms with van der Waals surface area (Å²) in [6, 6.07) is 0. The van der Waals surface area contributed by atoms with Crippen molar-refractivity contribution in [3.8, 4) is 0 Å². The second-order valence-corrected chi connectivity index (χ2v) is 6.91. The highest BCUT2D eigenvalue weighted by molar-refractivity contribution is 5.79. The summed E-state index contributed by atoms with van der Waals surface area (Å²) in [5.41, 5.74) is 0.757. The van der Waals surface area contributed by atoms with Gasteiger partial charge in [0.2, 0.25) is 5.91 Å². The van der Waals surface area contributed by atoms with Crippen LogP contribution in [0.25, 0.3) is 0 Å². The van der Waals surface area contributed by atoms with Crippen LogP contribution in [-0.2, 0) is 4.79 Å². The zero-order valence-corrected chi connectivity index (χ0v) is 11.2. The van der Waals surface area contributed by atoms with Crippen LogP contribution < -0.4 is 0 Å². The Morgan fingerprint density at radius 2 is 1.62 bits per heavy atom. The third-order valence-electron chi connectivity index (χ3n) is 4.76. The minimum absolute atomic E-state index is 0.0891. The number of hydrogen-bond donors (Lipinski definition) is 0. The maximum atomic E-state index is 12.3. The molecule has 2 heteroatoms. The molecule has 1 atom stereocenters. The highest BCUT2D eigenvalue weighted by Crippen LogP contribution is 2.53. The Morgan fingerprint density at radius 3 is 2.00 bits per heavy atom. The fourth-order valence-corrected chi connectivity index (χ4v) is 2.52. The van der Waals surface area contributed by atoms with E-state index in [0.29, 0.717) is 11.3 Å². The molecule has 2 aliphatic rings. The molecule has 1 heterocycles. The monoisotopic (exact) mass is 223 g/mol. The summed E-state index contributed by atoms with van der Waals surface area (Å²) in [5, 5.41) is 0. The fourth-order valence-electron chi connectivity index (χ4n) is 2.52. The van der Waals surface area contributed by atoms with Crippen LogP contribution in [0, 0.1) is 16.7 Å². The molecule has 1 aliphatic carbocycles. The molecule has 1 saturated heterocycles. The summed E-state index contributed by atoms with van der Waals surface area (Å²) < 4.78 is 0. The Kier molecular flexibility index (Phi) is 2.80. The molecular weight excluding hydrogens is 198 g/mol. The van der Waals surface area contributed by atoms with Crippen LogP contribution >= 0.6 is 0 Å². The fraction of sp³-hybridized carbons (Fsp3) is 0.929. The summed E-state index contributed by atoms with van der Waals surface area (Å²) in [7, 11) is 0. The average molecular weight is 223 g/mol. The Hall–Kier alpha value is -0.530. The first-order chi connectivity index (χ1) is 7.34. The van der Waals surface area contributed by atoms with Crippen molar-refractivity contribution >= 4 is 5.91 Å². The van der Waals surface area contributed by atoms with E-state index >= 15 is 0 Å². The lowest BCUT2D eigenvalue weighted by Crippen LogP contribution is -2.44. The highest BCUT2D eigenvalue weighted by Gasteiger charge is 2.45. The van der Waals surface area contributed by atoms with Crippen molar-refractivity contribution in [2.75, 3.05) is 13.1 Å². The minimum Gasteiger partial charge on any atom is -0.342 e. The van der Waals surface area contributed by atoms with E-state index in [-0.39, 0.29) is 11.3 Å². The van der Waals surface area contributed by atoms with Gasteiger partial charge in [0.05, 0.1) is 0 Å². The summed E-state index contributed by atoms with van der Waals surface area (Å²) in [6.45, 7) is 10.5. The largest absolute Gasteiger partial charge is 0.342 e. The SMILES string of the molecule is CC(C(=O)N1CCC2(CC1)CC2)C(C)(C)C. The number of piperidine rings is 1. The van der Waals surface area contributed by atoms with Crippen LogP contribution in [0.1, 0.15) is 53.4 Å². The van der Waals surface area contributed by atoms with Crippen molar-refractivity contribution in [1.82, 2.24) is 4.90 Å². The number of amides is 1. The third-order valence-corrected chi connectivity index (χ3v) is 4.76. The van der Waals surface area contributed by atoms with E-state index in [9.17, 15) is 4.79 Å². The van der Waals surface area contributed by atoms with Gasteiger partial charge in [-0.25, -0.2) is 0 Å². The van der Waals surface area contributed by atoms with Crippen LogP contribution in [0.2, 0.25) is 0 Å². The summed E-state index contributed by atoms with van der Waals surface area (Å²) in [5.74, 6) is 0.503. The first-order valence-corrected chi connectivity index (χ1v) is 6.63. The Morgan fingerprint density at radius 1 is 1.12 bits per heavy atom. The number of hydrogen-bond acceptors (Lipinski definition) is 1. The van der Waals surface area contributed by atoms with Gasteiger partial charge in [-0.1, -0.05) is 27.7 Å². The normalized spacial score (nSPS) is 25.6. The molecule has 0 radical (unpaired) electrons. The van der Waals surface area contributed by atoms with E-state index in [1.54, 1.807) is 0 Å². The van der Waals surface area contributed by atoms with Gasteiger partial charge in [-0.2, -0.15) is 0 Å². The van der Waals surface area contributed by atoms with E-state index in [4.69, 9.17) is 0 Å². The second kappa shape index (κ2) is 3.75. The van der Waals surface area contributed by atoms with Crippen molar-refractivity contribution in [3.05, 3.63) is 0 Å². The predicted octanol–water partition coefficient (Wildman–Crippen LogP) is 3.07. The van der Waals surface area contributed by atoms with E-state index in [1.165, 1.54) is 25.7 Å². The predicted molar refractivity (Wildman–Crippen MR) is 66.1 cm³/mol. The van der Waals surface area contributed by atoms with Gasteiger partial charge in [-0.3, -0.25) is 4.79 Å². The molecule has 1 spiro atoms. The molecule has 0 aromatic rings. The molecular formula is C14H25NO. The van der Waals surface area contributed by atoms with Gasteiger partial charge < -0.3 is 4.90 Å². The van der Waals surface area contributed by atoms with Crippen molar-refractivity contribution in [2.45, 2.75) is 53.4 Å². The topological polar surface area (TPSA) is 20.3 Å². The first-order valence-electron chi connectivity index (χ1n) is 6.63. The summed E-state index contributed by atoms with van der Waals surface area (Å²) in [4.78, 5) is 14.4. The van der Waals surface area contributed by atoms with Crippen LogP contribution in [0.4, 0.5) is 0 Å². The molecule has 0 N–H and O–H groups in total. The van der Waals surface area contributed by atoms with Crippen LogP contribution in [-0.4, -0.2) is 23.9 Å². The van der Waals surface area contributed by atoms with Crippen molar-refractivity contribution in [1.29, 1.82) is 0 Å². The first kappa shape index (κ1) is 11.9. The van der Waals surface area contributed by atoms with Gasteiger partial charge >= 0.3 is 0 Å². The maximum Gasteiger partial charge on any atom is 0.225 e. The number of likely N-dealkylation sites (tertiary alicyclic amines) is 1. The van der Waals surface area contributed by atoms with Gasteiger partial charge in [0.1, 0.15) is 0 Å². The molecule has 2 nitrogen and oxygen atoms in total. The van der Waals surface area contributed by atoms with Gasteiger partial charge in [-0.05, 0) is 36.5 Å². The number of rotatable bonds is 1. The van der Waals surface area contributed by atoms with Crippen molar-refractivity contribution < 1.29 is 4.79 Å². The Labute approximate surface area is 99.4 Å². The van der Waals surface area contributed by atoms with Gasteiger partial charge in [0.25, 0.3) is 0 Å². The van der Waals surface area contributed by atoms with Crippen molar-refractivity contribution in [3.63, 3.8) is 0 Å². The van der Waals surface area contributed by atoms with E-state index in [1.807, 2.05) is 0 Å². The lowest BCUT2D eigenvalue weighted by Gasteiger charge is -2.37. The zero-order valence-electron chi connectivity index (χ0n) is 11.2. The molecule has 92 valence electrons. The molecule has 16 heavy (non-hydrogen) atoms. The third kappa shape index (κ3) is 2.26. The van der Waals surface area contributed by atoms with Gasteiger partial charge in [0, 0.05) is 19.0 Å². The number of nitrogens with zero attached hydrogens (tertiary/aromatic N) is 1. The van der Waals surface area contributed by atoms with Gasteiger partial charge in [-0.15, -0.1) is 0 Å². The molecule has 1 saturated carbocycles. The van der Waals surface area contributed by atoms with Crippen LogP contribution in [0.5, 0.6) is 0 Å². The summed E-state index contributed by atoms with van der Waals surface area (Å²) >= 11 is 0. The molecule has 2 fully saturated rings. The standard InChI is InChI=1S/C14H25NO/c1-11(13(2,3)4)12(16)15-9-7-14(5-6-14)8-10-15/h11H,5-10H2,1-4H3. The Bertz CT molecular complexity index is 276. The molecule has 1 amide bonds. The summed E-state index contributed by atoms with van der Waals surface area (Å²) in [6.07, 6.45) is 5.30. The van der Waals surface area contributed by atoms with E-state index < -0.39 is 0 Å². The molecule has 1 aliphatic heterocycles. The molecule has 1 unspecified atom stereocenters. The quantitative estimate of drug-likeness (QED) is 0.669. The van der Waals surface area contributed by atoms with Crippen molar-refractivity contribution in [2.24, 2.45) is 16.7 Å². The van der Waals surface area contributed by atoms with Crippen LogP contribution in [0.15, 0.2) is 0 Å². The highest BCUT2D eigenvalue weighted by atomic mass is 16.2.